The Bertz CT molecular complexity index is 1020. The summed E-state index contributed by atoms with van der Waals surface area (Å²) < 4.78 is 27.8. The number of hydrogen-bond donors (Lipinski definition) is 1. The second kappa shape index (κ2) is 7.08. The average molecular weight is 361 g/mol. The van der Waals surface area contributed by atoms with E-state index >= 15 is 0 Å². The fraction of sp³-hybridized carbons (Fsp3) is 0.125. The third kappa shape index (κ3) is 3.97. The van der Waals surface area contributed by atoms with Crippen molar-refractivity contribution in [3.63, 3.8) is 0 Å². The van der Waals surface area contributed by atoms with E-state index in [-0.39, 0.29) is 18.6 Å². The van der Waals surface area contributed by atoms with Crippen LogP contribution >= 0.6 is 11.3 Å². The van der Waals surface area contributed by atoms with Crippen molar-refractivity contribution in [3.05, 3.63) is 69.4 Å². The maximum Gasteiger partial charge on any atom is 0.262 e. The molecule has 0 aliphatic rings. The quantitative estimate of drug-likeness (QED) is 0.729. The minimum Gasteiger partial charge on any atom is -0.297 e. The third-order valence-electron chi connectivity index (χ3n) is 3.35. The molecule has 2 heterocycles. The number of sulfonamides is 1. The van der Waals surface area contributed by atoms with E-state index in [0.717, 1.165) is 11.0 Å². The third-order valence-corrected chi connectivity index (χ3v) is 5.27. The van der Waals surface area contributed by atoms with Crippen LogP contribution in [0.1, 0.15) is 5.56 Å². The second-order valence-electron chi connectivity index (χ2n) is 5.04. The summed E-state index contributed by atoms with van der Waals surface area (Å²) in [7, 11) is -3.56. The van der Waals surface area contributed by atoms with E-state index < -0.39 is 10.0 Å². The number of thiophene rings is 1. The molecule has 3 rings (SSSR count). The van der Waals surface area contributed by atoms with Crippen LogP contribution in [0, 0.1) is 0 Å². The molecule has 8 heteroatoms. The van der Waals surface area contributed by atoms with Gasteiger partial charge in [0.05, 0.1) is 11.7 Å². The van der Waals surface area contributed by atoms with Crippen molar-refractivity contribution < 1.29 is 8.42 Å². The Morgan fingerprint density at radius 1 is 1.21 bits per heavy atom. The molecule has 3 aromatic rings. The first-order chi connectivity index (χ1) is 11.6. The summed E-state index contributed by atoms with van der Waals surface area (Å²) in [4.78, 5) is 17.1. The highest BCUT2D eigenvalue weighted by Gasteiger charge is 2.07. The van der Waals surface area contributed by atoms with Crippen molar-refractivity contribution in [2.75, 3.05) is 6.54 Å². The van der Waals surface area contributed by atoms with Crippen LogP contribution in [-0.2, 0) is 16.6 Å². The van der Waals surface area contributed by atoms with Gasteiger partial charge in [0.15, 0.2) is 0 Å². The van der Waals surface area contributed by atoms with Gasteiger partial charge in [-0.05, 0) is 23.1 Å². The van der Waals surface area contributed by atoms with Crippen LogP contribution in [0.25, 0.3) is 16.3 Å². The van der Waals surface area contributed by atoms with Crippen LogP contribution in [0.15, 0.2) is 58.3 Å². The summed E-state index contributed by atoms with van der Waals surface area (Å²) in [5.41, 5.74) is 0.631. The van der Waals surface area contributed by atoms with Gasteiger partial charge in [0.2, 0.25) is 10.0 Å². The Kier molecular flexibility index (Phi) is 4.89. The fourth-order valence-corrected chi connectivity index (χ4v) is 3.67. The molecule has 2 aromatic heterocycles. The first-order valence-corrected chi connectivity index (χ1v) is 9.63. The normalized spacial score (nSPS) is 12.2. The monoisotopic (exact) mass is 361 g/mol. The van der Waals surface area contributed by atoms with Gasteiger partial charge in [-0.3, -0.25) is 9.36 Å². The highest BCUT2D eigenvalue weighted by molar-refractivity contribution is 7.92. The summed E-state index contributed by atoms with van der Waals surface area (Å²) in [6.07, 6.45) is 2.96. The van der Waals surface area contributed by atoms with E-state index in [0.29, 0.717) is 10.2 Å². The van der Waals surface area contributed by atoms with Crippen molar-refractivity contribution in [2.24, 2.45) is 0 Å². The predicted octanol–water partition coefficient (Wildman–Crippen LogP) is 2.05. The molecule has 0 aliphatic carbocycles. The highest BCUT2D eigenvalue weighted by Crippen LogP contribution is 2.13. The van der Waals surface area contributed by atoms with Gasteiger partial charge in [0, 0.05) is 18.5 Å². The Balaban J connectivity index is 1.63. The molecule has 0 saturated carbocycles. The van der Waals surface area contributed by atoms with E-state index in [1.165, 1.54) is 28.3 Å². The zero-order valence-corrected chi connectivity index (χ0v) is 14.3. The number of benzene rings is 1. The number of fused-ring (bicyclic) bond motifs is 1. The number of nitrogens with one attached hydrogen (secondary N) is 1. The fourth-order valence-electron chi connectivity index (χ4n) is 2.14. The molecule has 0 unspecified atom stereocenters. The molecule has 0 amide bonds. The van der Waals surface area contributed by atoms with E-state index in [1.54, 1.807) is 11.4 Å². The summed E-state index contributed by atoms with van der Waals surface area (Å²) in [5.74, 6) is 0. The van der Waals surface area contributed by atoms with Gasteiger partial charge in [-0.2, -0.15) is 0 Å². The smallest absolute Gasteiger partial charge is 0.262 e. The Hall–Kier alpha value is -2.29. The summed E-state index contributed by atoms with van der Waals surface area (Å²) in [5, 5.41) is 3.47. The van der Waals surface area contributed by atoms with Crippen LogP contribution in [0.2, 0.25) is 0 Å². The zero-order chi connectivity index (χ0) is 17.0. The molecule has 0 spiro atoms. The molecule has 0 radical (unpaired) electrons. The molecule has 0 saturated heterocycles. The minimum atomic E-state index is -3.56. The van der Waals surface area contributed by atoms with E-state index in [2.05, 4.69) is 9.71 Å². The zero-order valence-electron chi connectivity index (χ0n) is 12.6. The van der Waals surface area contributed by atoms with Crippen molar-refractivity contribution >= 4 is 37.7 Å². The Morgan fingerprint density at radius 2 is 2.00 bits per heavy atom. The molecule has 24 heavy (non-hydrogen) atoms. The molecular formula is C16H15N3O3S2. The predicted molar refractivity (Wildman–Crippen MR) is 96.3 cm³/mol. The molecule has 1 aromatic carbocycles. The number of aromatic nitrogens is 2. The lowest BCUT2D eigenvalue weighted by molar-refractivity contribution is 0.578. The van der Waals surface area contributed by atoms with Crippen molar-refractivity contribution in [1.29, 1.82) is 0 Å². The van der Waals surface area contributed by atoms with Crippen LogP contribution in [0.3, 0.4) is 0 Å². The molecule has 6 nitrogen and oxygen atoms in total. The van der Waals surface area contributed by atoms with Crippen LogP contribution in [-0.4, -0.2) is 24.5 Å². The van der Waals surface area contributed by atoms with E-state index in [4.69, 9.17) is 0 Å². The Morgan fingerprint density at radius 3 is 2.79 bits per heavy atom. The standard InChI is InChI=1S/C16H15N3O3S2/c20-16-14-6-10-23-15(14)17-12-19(16)9-8-18-24(21,22)11-7-13-4-2-1-3-5-13/h1-7,10-12,18H,8-9H2/b11-7+. The lowest BCUT2D eigenvalue weighted by atomic mass is 10.2. The molecule has 0 atom stereocenters. The summed E-state index contributed by atoms with van der Waals surface area (Å²) >= 11 is 1.40. The highest BCUT2D eigenvalue weighted by atomic mass is 32.2. The maximum absolute atomic E-state index is 12.2. The van der Waals surface area contributed by atoms with Crippen LogP contribution in [0.4, 0.5) is 0 Å². The summed E-state index contributed by atoms with van der Waals surface area (Å²) in [6.45, 7) is 0.328. The van der Waals surface area contributed by atoms with Gasteiger partial charge in [0.1, 0.15) is 4.83 Å². The molecule has 0 bridgehead atoms. The van der Waals surface area contributed by atoms with Gasteiger partial charge in [-0.25, -0.2) is 18.1 Å². The molecular weight excluding hydrogens is 346 g/mol. The molecule has 0 aliphatic heterocycles. The van der Waals surface area contributed by atoms with E-state index in [9.17, 15) is 13.2 Å². The van der Waals surface area contributed by atoms with Crippen molar-refractivity contribution in [2.45, 2.75) is 6.54 Å². The summed E-state index contributed by atoms with van der Waals surface area (Å²) in [6, 6.07) is 10.9. The van der Waals surface area contributed by atoms with E-state index in [1.807, 2.05) is 30.3 Å². The topological polar surface area (TPSA) is 81.1 Å². The van der Waals surface area contributed by atoms with Crippen LogP contribution < -0.4 is 10.3 Å². The Labute approximate surface area is 143 Å². The van der Waals surface area contributed by atoms with Gasteiger partial charge in [-0.15, -0.1) is 11.3 Å². The first-order valence-electron chi connectivity index (χ1n) is 7.21. The number of hydrogen-bond acceptors (Lipinski definition) is 5. The number of nitrogens with zero attached hydrogens (tertiary/aromatic N) is 2. The lowest BCUT2D eigenvalue weighted by Gasteiger charge is -2.06. The second-order valence-corrected chi connectivity index (χ2v) is 7.58. The minimum absolute atomic E-state index is 0.110. The number of rotatable bonds is 6. The van der Waals surface area contributed by atoms with Gasteiger partial charge in [-0.1, -0.05) is 30.3 Å². The SMILES string of the molecule is O=c1c2ccsc2ncn1CCNS(=O)(=O)/C=C/c1ccccc1. The largest absolute Gasteiger partial charge is 0.297 e. The maximum atomic E-state index is 12.2. The van der Waals surface area contributed by atoms with Crippen LogP contribution in [0.5, 0.6) is 0 Å². The lowest BCUT2D eigenvalue weighted by Crippen LogP contribution is -2.29. The van der Waals surface area contributed by atoms with Gasteiger partial charge < -0.3 is 0 Å². The molecule has 124 valence electrons. The first kappa shape index (κ1) is 16.6. The average Bonchev–Trinajstić information content (AvgIpc) is 3.06. The van der Waals surface area contributed by atoms with Crippen molar-refractivity contribution in [3.8, 4) is 0 Å². The molecule has 0 fully saturated rings. The molecule has 1 N–H and O–H groups in total. The van der Waals surface area contributed by atoms with Gasteiger partial charge in [0.25, 0.3) is 5.56 Å². The van der Waals surface area contributed by atoms with Gasteiger partial charge >= 0.3 is 0 Å². The van der Waals surface area contributed by atoms with Crippen molar-refractivity contribution in [1.82, 2.24) is 14.3 Å².